The van der Waals surface area contributed by atoms with E-state index in [1.165, 1.54) is 0 Å². The van der Waals surface area contributed by atoms with Gasteiger partial charge in [0.15, 0.2) is 0 Å². The van der Waals surface area contributed by atoms with Gasteiger partial charge in [-0.3, -0.25) is 0 Å². The molecule has 0 heterocycles. The number of hydrogen-bond acceptors (Lipinski definition) is 3. The van der Waals surface area contributed by atoms with Gasteiger partial charge in [-0.1, -0.05) is 61.2 Å². The van der Waals surface area contributed by atoms with Gasteiger partial charge in [0.05, 0.1) is 0 Å². The van der Waals surface area contributed by atoms with Crippen molar-refractivity contribution in [2.24, 2.45) is 0 Å². The van der Waals surface area contributed by atoms with Crippen LogP contribution in [0.1, 0.15) is 11.1 Å². The van der Waals surface area contributed by atoms with Gasteiger partial charge >= 0.3 is 6.16 Å². The zero-order valence-electron chi connectivity index (χ0n) is 10.4. The summed E-state index contributed by atoms with van der Waals surface area (Å²) in [7, 11) is 0. The standard InChI is InChI=1S/C16H14O3/c1-2-14-10-6-7-11-15(14)19-16(17)18-12-13-8-4-3-5-9-13/h2-11H,1,12H2. The van der Waals surface area contributed by atoms with E-state index < -0.39 is 6.16 Å². The number of rotatable bonds is 4. The summed E-state index contributed by atoms with van der Waals surface area (Å²) in [6.45, 7) is 3.85. The van der Waals surface area contributed by atoms with Gasteiger partial charge in [-0.25, -0.2) is 4.79 Å². The van der Waals surface area contributed by atoms with Crippen LogP contribution in [0.25, 0.3) is 6.08 Å². The van der Waals surface area contributed by atoms with E-state index in [1.54, 1.807) is 18.2 Å². The highest BCUT2D eigenvalue weighted by molar-refractivity contribution is 5.67. The maximum absolute atomic E-state index is 11.6. The molecule has 0 aromatic heterocycles. The second-order valence-electron chi connectivity index (χ2n) is 3.87. The fourth-order valence-electron chi connectivity index (χ4n) is 1.58. The quantitative estimate of drug-likeness (QED) is 0.610. The van der Waals surface area contributed by atoms with E-state index in [9.17, 15) is 4.79 Å². The largest absolute Gasteiger partial charge is 0.514 e. The minimum absolute atomic E-state index is 0.190. The molecule has 0 bridgehead atoms. The Balaban J connectivity index is 1.93. The molecule has 0 fully saturated rings. The third-order valence-electron chi connectivity index (χ3n) is 2.53. The van der Waals surface area contributed by atoms with Crippen LogP contribution in [0.4, 0.5) is 4.79 Å². The molecule has 2 aromatic carbocycles. The van der Waals surface area contributed by atoms with Crippen LogP contribution < -0.4 is 4.74 Å². The third kappa shape index (κ3) is 3.71. The molecule has 0 spiro atoms. The average molecular weight is 254 g/mol. The summed E-state index contributed by atoms with van der Waals surface area (Å²) in [5.74, 6) is 0.440. The monoisotopic (exact) mass is 254 g/mol. The Bertz CT molecular complexity index is 561. The minimum atomic E-state index is -0.724. The first-order valence-corrected chi connectivity index (χ1v) is 5.89. The van der Waals surface area contributed by atoms with Crippen LogP contribution in [0.5, 0.6) is 5.75 Å². The molecule has 2 aromatic rings. The summed E-state index contributed by atoms with van der Waals surface area (Å²) in [5, 5.41) is 0. The van der Waals surface area contributed by atoms with Crippen molar-refractivity contribution >= 4 is 12.2 Å². The molecule has 0 saturated heterocycles. The molecule has 0 saturated carbocycles. The van der Waals surface area contributed by atoms with Gasteiger partial charge in [-0.15, -0.1) is 0 Å². The molecule has 0 N–H and O–H groups in total. The van der Waals surface area contributed by atoms with Gasteiger partial charge < -0.3 is 9.47 Å². The minimum Gasteiger partial charge on any atom is -0.429 e. The second-order valence-corrected chi connectivity index (χ2v) is 3.87. The number of para-hydroxylation sites is 1. The molecular formula is C16H14O3. The molecule has 2 rings (SSSR count). The van der Waals surface area contributed by atoms with E-state index >= 15 is 0 Å². The molecule has 0 aliphatic carbocycles. The van der Waals surface area contributed by atoms with Crippen LogP contribution in [0.3, 0.4) is 0 Å². The Kier molecular flexibility index (Phi) is 4.34. The Morgan fingerprint density at radius 2 is 1.74 bits per heavy atom. The highest BCUT2D eigenvalue weighted by atomic mass is 16.7. The van der Waals surface area contributed by atoms with Gasteiger partial charge in [0.2, 0.25) is 0 Å². The van der Waals surface area contributed by atoms with Crippen LogP contribution in [0, 0.1) is 0 Å². The molecule has 0 aliphatic rings. The highest BCUT2D eigenvalue weighted by Crippen LogP contribution is 2.19. The summed E-state index contributed by atoms with van der Waals surface area (Å²) in [5.41, 5.74) is 1.66. The van der Waals surface area contributed by atoms with E-state index in [1.807, 2.05) is 42.5 Å². The summed E-state index contributed by atoms with van der Waals surface area (Å²) in [4.78, 5) is 11.6. The lowest BCUT2D eigenvalue weighted by atomic mass is 10.2. The molecule has 96 valence electrons. The van der Waals surface area contributed by atoms with E-state index in [2.05, 4.69) is 6.58 Å². The topological polar surface area (TPSA) is 35.5 Å². The number of carbonyl (C=O) groups excluding carboxylic acids is 1. The first-order valence-electron chi connectivity index (χ1n) is 5.89. The molecular weight excluding hydrogens is 240 g/mol. The Hall–Kier alpha value is -2.55. The highest BCUT2D eigenvalue weighted by Gasteiger charge is 2.08. The Morgan fingerprint density at radius 1 is 1.05 bits per heavy atom. The van der Waals surface area contributed by atoms with Crippen molar-refractivity contribution < 1.29 is 14.3 Å². The van der Waals surface area contributed by atoms with E-state index in [4.69, 9.17) is 9.47 Å². The Morgan fingerprint density at radius 3 is 2.47 bits per heavy atom. The van der Waals surface area contributed by atoms with Gasteiger partial charge in [-0.05, 0) is 11.6 Å². The molecule has 0 unspecified atom stereocenters. The predicted octanol–water partition coefficient (Wildman–Crippen LogP) is 4.05. The van der Waals surface area contributed by atoms with Crippen LogP contribution in [-0.4, -0.2) is 6.16 Å². The maximum atomic E-state index is 11.6. The molecule has 0 radical (unpaired) electrons. The van der Waals surface area contributed by atoms with Gasteiger partial charge in [0, 0.05) is 5.56 Å². The van der Waals surface area contributed by atoms with Gasteiger partial charge in [0.1, 0.15) is 12.4 Å². The SMILES string of the molecule is C=Cc1ccccc1OC(=O)OCc1ccccc1. The van der Waals surface area contributed by atoms with Crippen LogP contribution >= 0.6 is 0 Å². The molecule has 0 atom stereocenters. The number of hydrogen-bond donors (Lipinski definition) is 0. The number of ether oxygens (including phenoxy) is 2. The van der Waals surface area contributed by atoms with Crippen LogP contribution in [0.2, 0.25) is 0 Å². The lowest BCUT2D eigenvalue weighted by molar-refractivity contribution is 0.0927. The first-order chi connectivity index (χ1) is 9.29. The van der Waals surface area contributed by atoms with Crippen molar-refractivity contribution in [1.29, 1.82) is 0 Å². The number of benzene rings is 2. The molecule has 3 nitrogen and oxygen atoms in total. The summed E-state index contributed by atoms with van der Waals surface area (Å²) >= 11 is 0. The van der Waals surface area contributed by atoms with E-state index in [0.29, 0.717) is 5.75 Å². The van der Waals surface area contributed by atoms with Crippen molar-refractivity contribution in [2.75, 3.05) is 0 Å². The maximum Gasteiger partial charge on any atom is 0.514 e. The van der Waals surface area contributed by atoms with Crippen molar-refractivity contribution in [3.63, 3.8) is 0 Å². The number of carbonyl (C=O) groups is 1. The second kappa shape index (κ2) is 6.40. The van der Waals surface area contributed by atoms with Crippen LogP contribution in [-0.2, 0) is 11.3 Å². The van der Waals surface area contributed by atoms with Gasteiger partial charge in [-0.2, -0.15) is 0 Å². The summed E-state index contributed by atoms with van der Waals surface area (Å²) < 4.78 is 10.2. The van der Waals surface area contributed by atoms with E-state index in [-0.39, 0.29) is 6.61 Å². The fraction of sp³-hybridized carbons (Fsp3) is 0.0625. The molecule has 0 aliphatic heterocycles. The lowest BCUT2D eigenvalue weighted by Gasteiger charge is -2.08. The first kappa shape index (κ1) is 12.9. The Labute approximate surface area is 112 Å². The normalized spacial score (nSPS) is 9.68. The molecule has 0 amide bonds. The smallest absolute Gasteiger partial charge is 0.429 e. The van der Waals surface area contributed by atoms with Gasteiger partial charge in [0.25, 0.3) is 0 Å². The zero-order valence-corrected chi connectivity index (χ0v) is 10.4. The summed E-state index contributed by atoms with van der Waals surface area (Å²) in [6, 6.07) is 16.6. The van der Waals surface area contributed by atoms with Crippen molar-refractivity contribution in [1.82, 2.24) is 0 Å². The molecule has 19 heavy (non-hydrogen) atoms. The summed E-state index contributed by atoms with van der Waals surface area (Å²) in [6.07, 6.45) is 0.901. The molecule has 3 heteroatoms. The van der Waals surface area contributed by atoms with Crippen molar-refractivity contribution in [3.8, 4) is 5.75 Å². The lowest BCUT2D eigenvalue weighted by Crippen LogP contribution is -2.11. The fourth-order valence-corrected chi connectivity index (χ4v) is 1.58. The van der Waals surface area contributed by atoms with Crippen molar-refractivity contribution in [2.45, 2.75) is 6.61 Å². The third-order valence-corrected chi connectivity index (χ3v) is 2.53. The zero-order chi connectivity index (χ0) is 13.5. The average Bonchev–Trinajstić information content (AvgIpc) is 2.47. The predicted molar refractivity (Wildman–Crippen MR) is 73.8 cm³/mol. The van der Waals surface area contributed by atoms with E-state index in [0.717, 1.165) is 11.1 Å². The van der Waals surface area contributed by atoms with Crippen LogP contribution in [0.15, 0.2) is 61.2 Å². The van der Waals surface area contributed by atoms with Crippen molar-refractivity contribution in [3.05, 3.63) is 72.3 Å².